The van der Waals surface area contributed by atoms with Gasteiger partial charge in [-0.25, -0.2) is 0 Å². The maximum atomic E-state index is 5.82. The van der Waals surface area contributed by atoms with Crippen LogP contribution in [0.4, 0.5) is 0 Å². The van der Waals surface area contributed by atoms with Crippen molar-refractivity contribution in [2.24, 2.45) is 5.73 Å². The molecule has 0 atom stereocenters. The lowest BCUT2D eigenvalue weighted by Gasteiger charge is -2.03. The van der Waals surface area contributed by atoms with Crippen molar-refractivity contribution in [3.8, 4) is 0 Å². The molecular formula is C14H16ClNO2. The molecule has 2 rings (SSSR count). The zero-order valence-corrected chi connectivity index (χ0v) is 11.0. The first-order valence-electron chi connectivity index (χ1n) is 5.79. The average molecular weight is 266 g/mol. The summed E-state index contributed by atoms with van der Waals surface area (Å²) in [6.45, 7) is 3.41. The first-order chi connectivity index (χ1) is 8.69. The van der Waals surface area contributed by atoms with Crippen molar-refractivity contribution in [3.05, 3.63) is 58.0 Å². The third-order valence-corrected chi connectivity index (χ3v) is 2.96. The Morgan fingerprint density at radius 1 is 1.22 bits per heavy atom. The van der Waals surface area contributed by atoms with E-state index in [1.807, 2.05) is 37.3 Å². The van der Waals surface area contributed by atoms with Crippen LogP contribution in [0.5, 0.6) is 0 Å². The Bertz CT molecular complexity index is 505. The molecule has 0 aliphatic rings. The third-order valence-electron chi connectivity index (χ3n) is 2.71. The molecule has 0 aliphatic carbocycles. The van der Waals surface area contributed by atoms with Crippen LogP contribution in [-0.4, -0.2) is 0 Å². The van der Waals surface area contributed by atoms with E-state index in [1.165, 1.54) is 0 Å². The molecule has 0 radical (unpaired) electrons. The van der Waals surface area contributed by atoms with E-state index in [1.54, 1.807) is 0 Å². The lowest BCUT2D eigenvalue weighted by Crippen LogP contribution is -1.95. The first-order valence-corrected chi connectivity index (χ1v) is 6.17. The van der Waals surface area contributed by atoms with E-state index in [0.29, 0.717) is 19.8 Å². The highest BCUT2D eigenvalue weighted by Crippen LogP contribution is 2.16. The predicted molar refractivity (Wildman–Crippen MR) is 71.3 cm³/mol. The molecule has 0 amide bonds. The molecule has 0 fully saturated rings. The number of ether oxygens (including phenoxy) is 1. The number of benzene rings is 1. The van der Waals surface area contributed by atoms with E-state index in [0.717, 1.165) is 27.7 Å². The predicted octanol–water partition coefficient (Wildman–Crippen LogP) is 3.42. The van der Waals surface area contributed by atoms with Crippen molar-refractivity contribution >= 4 is 11.6 Å². The molecular weight excluding hydrogens is 250 g/mol. The molecule has 0 aliphatic heterocycles. The van der Waals surface area contributed by atoms with E-state index in [9.17, 15) is 0 Å². The Kier molecular flexibility index (Phi) is 4.42. The number of nitrogens with two attached hydrogens (primary N) is 1. The van der Waals surface area contributed by atoms with E-state index in [-0.39, 0.29) is 0 Å². The topological polar surface area (TPSA) is 48.4 Å². The van der Waals surface area contributed by atoms with Gasteiger partial charge in [0.2, 0.25) is 0 Å². The summed E-state index contributed by atoms with van der Waals surface area (Å²) in [5, 5.41) is 0.733. The molecule has 0 saturated heterocycles. The van der Waals surface area contributed by atoms with Gasteiger partial charge in [-0.2, -0.15) is 0 Å². The lowest BCUT2D eigenvalue weighted by atomic mass is 10.2. The molecule has 2 N–H and O–H groups in total. The van der Waals surface area contributed by atoms with Crippen molar-refractivity contribution in [2.75, 3.05) is 0 Å². The zero-order valence-electron chi connectivity index (χ0n) is 10.3. The van der Waals surface area contributed by atoms with Crippen molar-refractivity contribution < 1.29 is 9.15 Å². The summed E-state index contributed by atoms with van der Waals surface area (Å²) in [6, 6.07) is 9.56. The second kappa shape index (κ2) is 6.05. The van der Waals surface area contributed by atoms with E-state index in [4.69, 9.17) is 26.5 Å². The average Bonchev–Trinajstić information content (AvgIpc) is 2.73. The fourth-order valence-corrected chi connectivity index (χ4v) is 1.82. The summed E-state index contributed by atoms with van der Waals surface area (Å²) in [5.74, 6) is 1.66. The summed E-state index contributed by atoms with van der Waals surface area (Å²) in [7, 11) is 0. The highest BCUT2D eigenvalue weighted by molar-refractivity contribution is 6.30. The van der Waals surface area contributed by atoms with Gasteiger partial charge in [0.25, 0.3) is 0 Å². The largest absolute Gasteiger partial charge is 0.465 e. The minimum atomic E-state index is 0.415. The van der Waals surface area contributed by atoms with Crippen LogP contribution in [0.3, 0.4) is 0 Å². The van der Waals surface area contributed by atoms with Gasteiger partial charge >= 0.3 is 0 Å². The van der Waals surface area contributed by atoms with E-state index in [2.05, 4.69) is 0 Å². The minimum absolute atomic E-state index is 0.415. The van der Waals surface area contributed by atoms with Crippen molar-refractivity contribution in [1.82, 2.24) is 0 Å². The molecule has 0 unspecified atom stereocenters. The van der Waals surface area contributed by atoms with Crippen LogP contribution in [0.15, 0.2) is 34.7 Å². The Morgan fingerprint density at radius 3 is 2.56 bits per heavy atom. The zero-order chi connectivity index (χ0) is 13.0. The van der Waals surface area contributed by atoms with Crippen LogP contribution in [0.2, 0.25) is 5.02 Å². The monoisotopic (exact) mass is 265 g/mol. The Morgan fingerprint density at radius 2 is 1.94 bits per heavy atom. The summed E-state index contributed by atoms with van der Waals surface area (Å²) in [5.41, 5.74) is 7.66. The standard InChI is InChI=1S/C14H16ClNO2/c1-10-12(6-14(7-16)18-10)9-17-8-11-2-4-13(15)5-3-11/h2-6H,7-9,16H2,1H3. The molecule has 1 aromatic heterocycles. The van der Waals surface area contributed by atoms with Gasteiger partial charge in [-0.05, 0) is 30.7 Å². The number of halogens is 1. The molecule has 0 spiro atoms. The van der Waals surface area contributed by atoms with Gasteiger partial charge in [-0.15, -0.1) is 0 Å². The van der Waals surface area contributed by atoms with Gasteiger partial charge in [0.05, 0.1) is 19.8 Å². The molecule has 18 heavy (non-hydrogen) atoms. The van der Waals surface area contributed by atoms with Gasteiger partial charge in [-0.3, -0.25) is 0 Å². The molecule has 2 aromatic rings. The number of rotatable bonds is 5. The maximum Gasteiger partial charge on any atom is 0.118 e. The molecule has 1 aromatic carbocycles. The lowest BCUT2D eigenvalue weighted by molar-refractivity contribution is 0.106. The van der Waals surface area contributed by atoms with Crippen LogP contribution < -0.4 is 5.73 Å². The van der Waals surface area contributed by atoms with E-state index < -0.39 is 0 Å². The fraction of sp³-hybridized carbons (Fsp3) is 0.286. The summed E-state index contributed by atoms with van der Waals surface area (Å²) >= 11 is 5.82. The summed E-state index contributed by atoms with van der Waals surface area (Å²) in [4.78, 5) is 0. The van der Waals surface area contributed by atoms with Gasteiger partial charge in [0.1, 0.15) is 11.5 Å². The Labute approximate surface area is 111 Å². The second-order valence-corrected chi connectivity index (χ2v) is 4.55. The van der Waals surface area contributed by atoms with Crippen LogP contribution >= 0.6 is 11.6 Å². The van der Waals surface area contributed by atoms with Crippen molar-refractivity contribution in [2.45, 2.75) is 26.7 Å². The molecule has 3 nitrogen and oxygen atoms in total. The smallest absolute Gasteiger partial charge is 0.118 e. The molecule has 0 bridgehead atoms. The highest BCUT2D eigenvalue weighted by Gasteiger charge is 2.06. The number of aryl methyl sites for hydroxylation is 1. The second-order valence-electron chi connectivity index (χ2n) is 4.12. The normalized spacial score (nSPS) is 10.8. The molecule has 96 valence electrons. The van der Waals surface area contributed by atoms with Gasteiger partial charge in [-0.1, -0.05) is 23.7 Å². The van der Waals surface area contributed by atoms with Gasteiger partial charge in [0.15, 0.2) is 0 Å². The van der Waals surface area contributed by atoms with Gasteiger partial charge in [0, 0.05) is 10.6 Å². The van der Waals surface area contributed by atoms with E-state index >= 15 is 0 Å². The quantitative estimate of drug-likeness (QED) is 0.901. The molecule has 4 heteroatoms. The third kappa shape index (κ3) is 3.35. The van der Waals surface area contributed by atoms with Gasteiger partial charge < -0.3 is 14.9 Å². The van der Waals surface area contributed by atoms with Crippen LogP contribution in [-0.2, 0) is 24.5 Å². The Balaban J connectivity index is 1.88. The van der Waals surface area contributed by atoms with Crippen LogP contribution in [0.1, 0.15) is 22.6 Å². The van der Waals surface area contributed by atoms with Crippen molar-refractivity contribution in [1.29, 1.82) is 0 Å². The van der Waals surface area contributed by atoms with Crippen molar-refractivity contribution in [3.63, 3.8) is 0 Å². The summed E-state index contributed by atoms with van der Waals surface area (Å²) in [6.07, 6.45) is 0. The highest BCUT2D eigenvalue weighted by atomic mass is 35.5. The molecule has 1 heterocycles. The SMILES string of the molecule is Cc1oc(CN)cc1COCc1ccc(Cl)cc1. The molecule has 0 saturated carbocycles. The Hall–Kier alpha value is -1.29. The first kappa shape index (κ1) is 13.1. The summed E-state index contributed by atoms with van der Waals surface area (Å²) < 4.78 is 11.1. The van der Waals surface area contributed by atoms with Crippen LogP contribution in [0.25, 0.3) is 0 Å². The number of hydrogen-bond donors (Lipinski definition) is 1. The fourth-order valence-electron chi connectivity index (χ4n) is 1.69. The number of furan rings is 1. The minimum Gasteiger partial charge on any atom is -0.465 e. The number of hydrogen-bond acceptors (Lipinski definition) is 3. The maximum absolute atomic E-state index is 5.82. The van der Waals surface area contributed by atoms with Crippen LogP contribution in [0, 0.1) is 6.92 Å².